The molecular weight excluding hydrogens is 479 g/mol. The van der Waals surface area contributed by atoms with Gasteiger partial charge in [-0.1, -0.05) is 6.07 Å². The van der Waals surface area contributed by atoms with Gasteiger partial charge in [-0.25, -0.2) is 0 Å². The van der Waals surface area contributed by atoms with Crippen LogP contribution in [0.25, 0.3) is 0 Å². The molecule has 1 amide bonds. The van der Waals surface area contributed by atoms with E-state index >= 15 is 0 Å². The molecule has 0 spiro atoms. The van der Waals surface area contributed by atoms with Crippen molar-refractivity contribution in [3.8, 4) is 5.75 Å². The second-order valence-electron chi connectivity index (χ2n) is 10.7. The van der Waals surface area contributed by atoms with Crippen molar-refractivity contribution in [3.05, 3.63) is 64.2 Å². The van der Waals surface area contributed by atoms with E-state index in [4.69, 9.17) is 4.74 Å². The molecule has 2 heterocycles. The minimum absolute atomic E-state index is 0.0772. The Labute approximate surface area is 218 Å². The molecule has 5 nitrogen and oxygen atoms in total. The van der Waals surface area contributed by atoms with Gasteiger partial charge in [-0.2, -0.15) is 13.2 Å². The second kappa shape index (κ2) is 11.0. The van der Waals surface area contributed by atoms with Crippen molar-refractivity contribution >= 4 is 5.91 Å². The van der Waals surface area contributed by atoms with Gasteiger partial charge >= 0.3 is 6.18 Å². The van der Waals surface area contributed by atoms with E-state index in [1.807, 2.05) is 4.90 Å². The molecule has 0 aromatic heterocycles. The zero-order valence-electron chi connectivity index (χ0n) is 22.4. The van der Waals surface area contributed by atoms with Gasteiger partial charge in [-0.15, -0.1) is 0 Å². The summed E-state index contributed by atoms with van der Waals surface area (Å²) in [6.07, 6.45) is -1.38. The molecule has 2 aromatic rings. The van der Waals surface area contributed by atoms with Crippen LogP contribution < -0.4 is 4.74 Å². The van der Waals surface area contributed by atoms with E-state index < -0.39 is 11.7 Å². The van der Waals surface area contributed by atoms with Crippen molar-refractivity contribution in [2.24, 2.45) is 0 Å². The van der Waals surface area contributed by atoms with Gasteiger partial charge in [0, 0.05) is 36.8 Å². The Hall–Kier alpha value is -2.58. The summed E-state index contributed by atoms with van der Waals surface area (Å²) in [4.78, 5) is 19.5. The van der Waals surface area contributed by atoms with Gasteiger partial charge in [0.05, 0.1) is 12.2 Å². The van der Waals surface area contributed by atoms with Crippen molar-refractivity contribution in [2.45, 2.75) is 64.3 Å². The van der Waals surface area contributed by atoms with Crippen molar-refractivity contribution in [3.63, 3.8) is 0 Å². The molecule has 0 saturated carbocycles. The first-order valence-electron chi connectivity index (χ1n) is 13.1. The molecule has 2 aliphatic heterocycles. The normalized spacial score (nSPS) is 20.6. The number of likely N-dealkylation sites (tertiary alicyclic amines) is 2. The average Bonchev–Trinajstić information content (AvgIpc) is 3.46. The van der Waals surface area contributed by atoms with Gasteiger partial charge in [0.15, 0.2) is 0 Å². The summed E-state index contributed by atoms with van der Waals surface area (Å²) in [6.45, 7) is 9.61. The number of nitrogens with zero attached hydrogens (tertiary/aromatic N) is 3. The molecule has 0 N–H and O–H groups in total. The summed E-state index contributed by atoms with van der Waals surface area (Å²) >= 11 is 0. The summed E-state index contributed by atoms with van der Waals surface area (Å²) in [5, 5.41) is 0. The third-order valence-electron chi connectivity index (χ3n) is 7.99. The highest BCUT2D eigenvalue weighted by molar-refractivity contribution is 5.94. The lowest BCUT2D eigenvalue weighted by molar-refractivity contribution is -0.137. The molecule has 4 rings (SSSR count). The molecule has 3 atom stereocenters. The minimum Gasteiger partial charge on any atom is -0.493 e. The summed E-state index contributed by atoms with van der Waals surface area (Å²) in [7, 11) is 4.16. The van der Waals surface area contributed by atoms with Crippen LogP contribution in [-0.2, 0) is 6.18 Å². The third-order valence-corrected chi connectivity index (χ3v) is 7.99. The van der Waals surface area contributed by atoms with E-state index in [0.29, 0.717) is 18.7 Å². The molecule has 0 aliphatic carbocycles. The maximum Gasteiger partial charge on any atom is 0.416 e. The molecule has 0 radical (unpaired) electrons. The number of hydrogen-bond donors (Lipinski definition) is 0. The van der Waals surface area contributed by atoms with E-state index in [0.717, 1.165) is 50.2 Å². The van der Waals surface area contributed by atoms with Crippen LogP contribution in [-0.4, -0.2) is 73.0 Å². The summed E-state index contributed by atoms with van der Waals surface area (Å²) in [5.41, 5.74) is 3.24. The van der Waals surface area contributed by atoms with Crippen LogP contribution in [0, 0.1) is 13.8 Å². The fraction of sp³-hybridized carbons (Fsp3) is 0.552. The second-order valence-corrected chi connectivity index (χ2v) is 10.7. The van der Waals surface area contributed by atoms with Crippen LogP contribution in [0.4, 0.5) is 13.2 Å². The molecule has 37 heavy (non-hydrogen) atoms. The quantitative estimate of drug-likeness (QED) is 0.400. The number of hydrogen-bond acceptors (Lipinski definition) is 4. The Kier molecular flexibility index (Phi) is 8.19. The summed E-state index contributed by atoms with van der Waals surface area (Å²) < 4.78 is 44.7. The number of ether oxygens (including phenoxy) is 1. The highest BCUT2D eigenvalue weighted by Crippen LogP contribution is 2.40. The monoisotopic (exact) mass is 517 g/mol. The van der Waals surface area contributed by atoms with E-state index in [1.165, 1.54) is 28.8 Å². The van der Waals surface area contributed by atoms with Crippen LogP contribution >= 0.6 is 0 Å². The average molecular weight is 518 g/mol. The van der Waals surface area contributed by atoms with Gasteiger partial charge < -0.3 is 14.5 Å². The lowest BCUT2D eigenvalue weighted by Gasteiger charge is -2.38. The summed E-state index contributed by atoms with van der Waals surface area (Å²) in [5.74, 6) is 0.752. The molecule has 2 bridgehead atoms. The number of fused-ring (bicyclic) bond motifs is 2. The zero-order chi connectivity index (χ0) is 26.9. The Balaban J connectivity index is 1.36. The first-order valence-corrected chi connectivity index (χ1v) is 13.1. The van der Waals surface area contributed by atoms with Gasteiger partial charge in [-0.3, -0.25) is 9.69 Å². The maximum absolute atomic E-state index is 13.1. The minimum atomic E-state index is -4.41. The Morgan fingerprint density at radius 1 is 1.03 bits per heavy atom. The number of carbonyl (C=O) groups excluding carboxylic acids is 1. The molecule has 0 unspecified atom stereocenters. The molecule has 2 aliphatic rings. The number of carbonyl (C=O) groups is 1. The molecular formula is C29H38F3N3O2. The number of halogens is 3. The number of unbranched alkanes of at least 4 members (excludes halogenated alkanes) is 1. The van der Waals surface area contributed by atoms with Gasteiger partial charge in [0.25, 0.3) is 5.91 Å². The number of alkyl halides is 3. The van der Waals surface area contributed by atoms with Crippen LogP contribution in [0.5, 0.6) is 5.75 Å². The standard InChI is InChI=1S/C29H38F3N3O2/c1-19-20(2)27(37-15-7-6-14-33(4)5)13-12-26(19)21(3)34-17-25-16-24(34)18-35(25)28(36)22-8-10-23(11-9-22)29(30,31)32/h8-13,21,24-25H,6-7,14-18H2,1-5H3/t21-,24-,25-/m0/s1. The largest absolute Gasteiger partial charge is 0.493 e. The van der Waals surface area contributed by atoms with Crippen molar-refractivity contribution in [2.75, 3.05) is 40.3 Å². The predicted octanol–water partition coefficient (Wildman–Crippen LogP) is 5.70. The van der Waals surface area contributed by atoms with Crippen LogP contribution in [0.3, 0.4) is 0 Å². The predicted molar refractivity (Wildman–Crippen MR) is 139 cm³/mol. The first-order chi connectivity index (χ1) is 17.5. The van der Waals surface area contributed by atoms with Crippen molar-refractivity contribution < 1.29 is 22.7 Å². The third kappa shape index (κ3) is 5.96. The van der Waals surface area contributed by atoms with Crippen molar-refractivity contribution in [1.29, 1.82) is 0 Å². The number of amides is 1. The number of rotatable bonds is 9. The van der Waals surface area contributed by atoms with E-state index in [2.05, 4.69) is 56.8 Å². The lowest BCUT2D eigenvalue weighted by atomic mass is 9.96. The number of benzene rings is 2. The Bertz CT molecular complexity index is 1100. The molecule has 8 heteroatoms. The molecule has 2 fully saturated rings. The maximum atomic E-state index is 13.1. The lowest BCUT2D eigenvalue weighted by Crippen LogP contribution is -2.49. The Morgan fingerprint density at radius 2 is 1.73 bits per heavy atom. The van der Waals surface area contributed by atoms with Crippen LogP contribution in [0.2, 0.25) is 0 Å². The van der Waals surface area contributed by atoms with Gasteiger partial charge in [0.1, 0.15) is 5.75 Å². The van der Waals surface area contributed by atoms with E-state index in [-0.39, 0.29) is 24.0 Å². The van der Waals surface area contributed by atoms with Gasteiger partial charge in [-0.05, 0) is 108 Å². The Morgan fingerprint density at radius 3 is 2.32 bits per heavy atom. The smallest absolute Gasteiger partial charge is 0.416 e. The highest BCUT2D eigenvalue weighted by atomic mass is 19.4. The van der Waals surface area contributed by atoms with Gasteiger partial charge in [0.2, 0.25) is 0 Å². The van der Waals surface area contributed by atoms with Crippen LogP contribution in [0.1, 0.15) is 64.8 Å². The van der Waals surface area contributed by atoms with E-state index in [1.54, 1.807) is 0 Å². The fourth-order valence-electron chi connectivity index (χ4n) is 5.71. The van der Waals surface area contributed by atoms with Crippen LogP contribution in [0.15, 0.2) is 36.4 Å². The topological polar surface area (TPSA) is 36.0 Å². The van der Waals surface area contributed by atoms with Crippen molar-refractivity contribution in [1.82, 2.24) is 14.7 Å². The zero-order valence-corrected chi connectivity index (χ0v) is 22.4. The molecule has 202 valence electrons. The fourth-order valence-corrected chi connectivity index (χ4v) is 5.71. The first kappa shape index (κ1) is 27.5. The van der Waals surface area contributed by atoms with E-state index in [9.17, 15) is 18.0 Å². The molecule has 2 aromatic carbocycles. The SMILES string of the molecule is Cc1c(OCCCCN(C)C)ccc([C@H](C)N2C[C@@H]3C[C@H]2CN3C(=O)c2ccc(C(F)(F)F)cc2)c1C. The number of piperazine rings is 1. The molecule has 2 saturated heterocycles. The summed E-state index contributed by atoms with van der Waals surface area (Å²) in [6, 6.07) is 9.31. The highest BCUT2D eigenvalue weighted by Gasteiger charge is 2.47.